The van der Waals surface area contributed by atoms with Crippen LogP contribution in [0.4, 0.5) is 4.79 Å². The Kier molecular flexibility index (Phi) is 6.67. The number of aliphatic hydroxyl groups is 1. The molecule has 1 fully saturated rings. The van der Waals surface area contributed by atoms with Crippen molar-refractivity contribution in [2.75, 3.05) is 24.6 Å². The molecule has 1 N–H and O–H groups in total. The molecule has 1 aliphatic rings. The Morgan fingerprint density at radius 2 is 1.95 bits per heavy atom. The van der Waals surface area contributed by atoms with Crippen molar-refractivity contribution >= 4 is 15.9 Å². The third-order valence-corrected chi connectivity index (χ3v) is 5.55. The molecule has 0 aromatic heterocycles. The van der Waals surface area contributed by atoms with Gasteiger partial charge in [0.1, 0.15) is 15.4 Å². The summed E-state index contributed by atoms with van der Waals surface area (Å²) in [6, 6.07) is 0. The Bertz CT molecular complexity index is 469. The first-order valence-corrected chi connectivity index (χ1v) is 9.72. The van der Waals surface area contributed by atoms with Crippen LogP contribution in [0.3, 0.4) is 0 Å². The number of carbonyl (C=O) groups is 1. The van der Waals surface area contributed by atoms with Crippen LogP contribution in [-0.2, 0) is 14.6 Å². The Morgan fingerprint density at radius 1 is 1.32 bits per heavy atom. The van der Waals surface area contributed by atoms with E-state index in [0.717, 1.165) is 0 Å². The molecule has 7 heteroatoms. The van der Waals surface area contributed by atoms with E-state index in [0.29, 0.717) is 32.4 Å². The molecule has 1 heterocycles. The van der Waals surface area contributed by atoms with Gasteiger partial charge in [-0.1, -0.05) is 6.92 Å². The number of carbonyl (C=O) groups excluding carboxylic acids is 1. The second-order valence-electron chi connectivity index (χ2n) is 6.98. The lowest BCUT2D eigenvalue weighted by Crippen LogP contribution is -2.48. The SMILES string of the molecule is CCCS(=O)(=O)CCC1CN(C(=O)OC(C)(C)C)CCC1O. The molecule has 1 saturated heterocycles. The number of ether oxygens (including phenoxy) is 1. The molecular formula is C15H29NO5S. The summed E-state index contributed by atoms with van der Waals surface area (Å²) in [7, 11) is -3.07. The molecule has 2 atom stereocenters. The summed E-state index contributed by atoms with van der Waals surface area (Å²) in [4.78, 5) is 13.6. The lowest BCUT2D eigenvalue weighted by Gasteiger charge is -2.37. The smallest absolute Gasteiger partial charge is 0.410 e. The second-order valence-corrected chi connectivity index (χ2v) is 9.29. The predicted molar refractivity (Wildman–Crippen MR) is 85.5 cm³/mol. The van der Waals surface area contributed by atoms with E-state index in [1.54, 1.807) is 25.7 Å². The summed E-state index contributed by atoms with van der Waals surface area (Å²) in [5.74, 6) is 0.0176. The zero-order valence-corrected chi connectivity index (χ0v) is 14.9. The van der Waals surface area contributed by atoms with Crippen molar-refractivity contribution in [2.24, 2.45) is 5.92 Å². The summed E-state index contributed by atoms with van der Waals surface area (Å²) in [6.07, 6.45) is 0.469. The van der Waals surface area contributed by atoms with Crippen molar-refractivity contribution in [2.45, 2.75) is 58.7 Å². The van der Waals surface area contributed by atoms with Gasteiger partial charge in [-0.05, 0) is 40.0 Å². The molecule has 0 radical (unpaired) electrons. The van der Waals surface area contributed by atoms with Crippen molar-refractivity contribution in [3.05, 3.63) is 0 Å². The molecule has 1 aliphatic heterocycles. The van der Waals surface area contributed by atoms with Crippen LogP contribution in [0.1, 0.15) is 47.0 Å². The molecule has 0 aromatic carbocycles. The fourth-order valence-electron chi connectivity index (χ4n) is 2.54. The molecule has 0 aromatic rings. The van der Waals surface area contributed by atoms with Gasteiger partial charge in [-0.2, -0.15) is 0 Å². The standard InChI is InChI=1S/C15H29NO5S/c1-5-9-22(19,20)10-7-12-11-16(8-6-13(12)17)14(18)21-15(2,3)4/h12-13,17H,5-11H2,1-4H3. The summed E-state index contributed by atoms with van der Waals surface area (Å²) >= 11 is 0. The minimum absolute atomic E-state index is 0.0602. The molecule has 6 nitrogen and oxygen atoms in total. The highest BCUT2D eigenvalue weighted by molar-refractivity contribution is 7.91. The van der Waals surface area contributed by atoms with E-state index < -0.39 is 27.6 Å². The van der Waals surface area contributed by atoms with Crippen molar-refractivity contribution in [3.63, 3.8) is 0 Å². The lowest BCUT2D eigenvalue weighted by molar-refractivity contribution is -0.00879. The third-order valence-electron chi connectivity index (χ3n) is 3.66. The van der Waals surface area contributed by atoms with E-state index in [-0.39, 0.29) is 17.4 Å². The van der Waals surface area contributed by atoms with Gasteiger partial charge in [-0.25, -0.2) is 13.2 Å². The first-order valence-electron chi connectivity index (χ1n) is 7.90. The van der Waals surface area contributed by atoms with Crippen LogP contribution in [0.5, 0.6) is 0 Å². The molecule has 1 rings (SSSR count). The van der Waals surface area contributed by atoms with Crippen LogP contribution in [0.15, 0.2) is 0 Å². The van der Waals surface area contributed by atoms with E-state index in [4.69, 9.17) is 4.74 Å². The highest BCUT2D eigenvalue weighted by Gasteiger charge is 2.33. The average molecular weight is 335 g/mol. The topological polar surface area (TPSA) is 83.9 Å². The normalized spacial score (nSPS) is 23.4. The van der Waals surface area contributed by atoms with E-state index >= 15 is 0 Å². The van der Waals surface area contributed by atoms with Gasteiger partial charge in [0.15, 0.2) is 0 Å². The van der Waals surface area contributed by atoms with Gasteiger partial charge in [-0.3, -0.25) is 0 Å². The molecule has 0 aliphatic carbocycles. The first-order chi connectivity index (χ1) is 10.0. The Hall–Kier alpha value is -0.820. The van der Waals surface area contributed by atoms with Gasteiger partial charge in [0.2, 0.25) is 0 Å². The van der Waals surface area contributed by atoms with Crippen LogP contribution >= 0.6 is 0 Å². The van der Waals surface area contributed by atoms with Crippen molar-refractivity contribution in [1.82, 2.24) is 4.90 Å². The molecule has 22 heavy (non-hydrogen) atoms. The van der Waals surface area contributed by atoms with Crippen LogP contribution in [-0.4, -0.2) is 60.8 Å². The molecule has 0 bridgehead atoms. The minimum atomic E-state index is -3.07. The van der Waals surface area contributed by atoms with Crippen LogP contribution in [0.25, 0.3) is 0 Å². The number of hydrogen-bond acceptors (Lipinski definition) is 5. The average Bonchev–Trinajstić information content (AvgIpc) is 2.35. The number of aliphatic hydroxyl groups excluding tert-OH is 1. The van der Waals surface area contributed by atoms with E-state index in [1.165, 1.54) is 0 Å². The maximum Gasteiger partial charge on any atom is 0.410 e. The Labute approximate surface area is 133 Å². The predicted octanol–water partition coefficient (Wildman–Crippen LogP) is 1.82. The quantitative estimate of drug-likeness (QED) is 0.828. The number of likely N-dealkylation sites (tertiary alicyclic amines) is 1. The molecule has 2 unspecified atom stereocenters. The molecular weight excluding hydrogens is 306 g/mol. The van der Waals surface area contributed by atoms with E-state index in [2.05, 4.69) is 0 Å². The summed E-state index contributed by atoms with van der Waals surface area (Å²) in [5.41, 5.74) is -0.562. The largest absolute Gasteiger partial charge is 0.444 e. The fourth-order valence-corrected chi connectivity index (χ4v) is 4.03. The Morgan fingerprint density at radius 3 is 2.50 bits per heavy atom. The monoisotopic (exact) mass is 335 g/mol. The highest BCUT2D eigenvalue weighted by Crippen LogP contribution is 2.23. The second kappa shape index (κ2) is 7.64. The van der Waals surface area contributed by atoms with E-state index in [9.17, 15) is 18.3 Å². The van der Waals surface area contributed by atoms with Gasteiger partial charge >= 0.3 is 6.09 Å². The number of amides is 1. The fraction of sp³-hybridized carbons (Fsp3) is 0.933. The molecule has 0 spiro atoms. The van der Waals surface area contributed by atoms with Crippen LogP contribution < -0.4 is 0 Å². The van der Waals surface area contributed by atoms with Crippen LogP contribution in [0.2, 0.25) is 0 Å². The zero-order valence-electron chi connectivity index (χ0n) is 14.0. The summed E-state index contributed by atoms with van der Waals surface area (Å²) in [5, 5.41) is 10.1. The van der Waals surface area contributed by atoms with Crippen LogP contribution in [0, 0.1) is 5.92 Å². The van der Waals surface area contributed by atoms with Gasteiger partial charge in [0, 0.05) is 24.8 Å². The van der Waals surface area contributed by atoms with Gasteiger partial charge in [-0.15, -0.1) is 0 Å². The molecule has 1 amide bonds. The van der Waals surface area contributed by atoms with Gasteiger partial charge < -0.3 is 14.7 Å². The minimum Gasteiger partial charge on any atom is -0.444 e. The summed E-state index contributed by atoms with van der Waals surface area (Å²) < 4.78 is 28.9. The zero-order chi connectivity index (χ0) is 17.0. The first kappa shape index (κ1) is 19.2. The summed E-state index contributed by atoms with van der Waals surface area (Å²) in [6.45, 7) is 8.03. The number of hydrogen-bond donors (Lipinski definition) is 1. The number of rotatable bonds is 5. The maximum absolute atomic E-state index is 12.1. The Balaban J connectivity index is 2.58. The molecule has 130 valence electrons. The highest BCUT2D eigenvalue weighted by atomic mass is 32.2. The maximum atomic E-state index is 12.1. The van der Waals surface area contributed by atoms with Gasteiger partial charge in [0.25, 0.3) is 0 Å². The van der Waals surface area contributed by atoms with Crippen molar-refractivity contribution < 1.29 is 23.1 Å². The number of piperidine rings is 1. The van der Waals surface area contributed by atoms with Crippen molar-refractivity contribution in [1.29, 1.82) is 0 Å². The van der Waals surface area contributed by atoms with E-state index in [1.807, 2.05) is 6.92 Å². The lowest BCUT2D eigenvalue weighted by atomic mass is 9.93. The number of sulfone groups is 1. The van der Waals surface area contributed by atoms with Gasteiger partial charge in [0.05, 0.1) is 11.9 Å². The number of nitrogens with zero attached hydrogens (tertiary/aromatic N) is 1. The molecule has 0 saturated carbocycles. The third kappa shape index (κ3) is 6.52. The van der Waals surface area contributed by atoms with Crippen molar-refractivity contribution in [3.8, 4) is 0 Å².